The highest BCUT2D eigenvalue weighted by atomic mass is 32.2. The molecule has 332 valence electrons. The molecular weight excluding hydrogens is 809 g/mol. The number of thiophene rings is 4. The van der Waals surface area contributed by atoms with Crippen LogP contribution in [0.1, 0.15) is 230 Å². The lowest BCUT2D eigenvalue weighted by atomic mass is 10.0. The lowest BCUT2D eigenvalue weighted by Gasteiger charge is -2.03. The molecule has 0 fully saturated rings. The van der Waals surface area contributed by atoms with Gasteiger partial charge in [0.1, 0.15) is 11.5 Å². The lowest BCUT2D eigenvalue weighted by molar-refractivity contribution is 0.529. The summed E-state index contributed by atoms with van der Waals surface area (Å²) in [6, 6.07) is 9.37. The van der Waals surface area contributed by atoms with Crippen molar-refractivity contribution in [1.82, 2.24) is 0 Å². The van der Waals surface area contributed by atoms with E-state index in [9.17, 15) is 0 Å². The van der Waals surface area contributed by atoms with Gasteiger partial charge < -0.3 is 8.83 Å². The van der Waals surface area contributed by atoms with E-state index in [4.69, 9.17) is 8.83 Å². The molecule has 6 aromatic rings. The zero-order valence-electron chi connectivity index (χ0n) is 38.0. The molecule has 0 aliphatic rings. The van der Waals surface area contributed by atoms with Crippen molar-refractivity contribution in [2.75, 3.05) is 0 Å². The predicted octanol–water partition coefficient (Wildman–Crippen LogP) is 21.5. The minimum atomic E-state index is 1.04. The maximum atomic E-state index is 6.14. The second kappa shape index (κ2) is 28.0. The van der Waals surface area contributed by atoms with E-state index in [0.717, 1.165) is 24.4 Å². The third kappa shape index (κ3) is 15.7. The molecule has 0 unspecified atom stereocenters. The van der Waals surface area contributed by atoms with E-state index in [1.54, 1.807) is 0 Å². The zero-order valence-corrected chi connectivity index (χ0v) is 41.2. The van der Waals surface area contributed by atoms with Crippen molar-refractivity contribution in [3.63, 3.8) is 0 Å². The van der Waals surface area contributed by atoms with Crippen LogP contribution in [0.2, 0.25) is 0 Å². The van der Waals surface area contributed by atoms with Crippen molar-refractivity contribution in [2.45, 2.75) is 232 Å². The van der Waals surface area contributed by atoms with Crippen molar-refractivity contribution in [1.29, 1.82) is 0 Å². The van der Waals surface area contributed by atoms with Gasteiger partial charge in [-0.3, -0.25) is 0 Å². The molecule has 0 radical (unpaired) electrons. The first-order chi connectivity index (χ1) is 29.7. The minimum Gasteiger partial charge on any atom is -0.463 e. The molecule has 0 aliphatic heterocycles. The summed E-state index contributed by atoms with van der Waals surface area (Å²) in [5, 5.41) is 2.81. The number of aryl methyl sites for hydroxylation is 2. The van der Waals surface area contributed by atoms with E-state index in [1.165, 1.54) is 255 Å². The van der Waals surface area contributed by atoms with Gasteiger partial charge in [-0.2, -0.15) is 0 Å². The van der Waals surface area contributed by atoms with Crippen LogP contribution in [-0.2, 0) is 12.8 Å². The average Bonchev–Trinajstić information content (AvgIpc) is 4.12. The maximum absolute atomic E-state index is 6.14. The Labute approximate surface area is 381 Å². The number of hydrogen-bond acceptors (Lipinski definition) is 6. The monoisotopic (exact) mass is 889 g/mol. The SMILES string of the molecule is CCCCCCCCCCCCCCCCCCc1coc(-c2cc3c(s2)sc2c4cc(-c5cc(CCCCCCCCCCCCCCCCCC)co5)sc4sc32)c1. The summed E-state index contributed by atoms with van der Waals surface area (Å²) < 4.78 is 18.0. The normalized spacial score (nSPS) is 12.1. The highest BCUT2D eigenvalue weighted by Gasteiger charge is 2.20. The summed E-state index contributed by atoms with van der Waals surface area (Å²) in [6.45, 7) is 4.61. The molecular formula is C54H80O2S4. The maximum Gasteiger partial charge on any atom is 0.144 e. The molecule has 6 aromatic heterocycles. The zero-order chi connectivity index (χ0) is 41.5. The fraction of sp³-hybridized carbons (Fsp3) is 0.667. The van der Waals surface area contributed by atoms with Crippen LogP contribution in [0.15, 0.2) is 45.6 Å². The molecule has 0 amide bonds. The molecule has 0 N–H and O–H groups in total. The van der Waals surface area contributed by atoms with E-state index in [1.807, 2.05) is 57.9 Å². The summed E-state index contributed by atoms with van der Waals surface area (Å²) >= 11 is 7.71. The van der Waals surface area contributed by atoms with Crippen LogP contribution in [-0.4, -0.2) is 0 Å². The third-order valence-electron chi connectivity index (χ3n) is 12.9. The highest BCUT2D eigenvalue weighted by molar-refractivity contribution is 7.50. The van der Waals surface area contributed by atoms with Gasteiger partial charge >= 0.3 is 0 Å². The Morgan fingerprint density at radius 3 is 0.917 bits per heavy atom. The molecule has 0 spiro atoms. The smallest absolute Gasteiger partial charge is 0.144 e. The fourth-order valence-corrected chi connectivity index (χ4v) is 14.6. The molecule has 0 aromatic carbocycles. The van der Waals surface area contributed by atoms with Crippen molar-refractivity contribution < 1.29 is 8.83 Å². The molecule has 0 saturated heterocycles. The van der Waals surface area contributed by atoms with Gasteiger partial charge in [-0.25, -0.2) is 0 Å². The first-order valence-corrected chi connectivity index (χ1v) is 28.5. The summed E-state index contributed by atoms with van der Waals surface area (Å²) in [6.07, 6.45) is 51.5. The van der Waals surface area contributed by atoms with Gasteiger partial charge in [-0.15, -0.1) is 45.3 Å². The van der Waals surface area contributed by atoms with E-state index >= 15 is 0 Å². The van der Waals surface area contributed by atoms with Gasteiger partial charge in [0, 0.05) is 10.8 Å². The lowest BCUT2D eigenvalue weighted by Crippen LogP contribution is -1.85. The molecule has 0 bridgehead atoms. The van der Waals surface area contributed by atoms with Crippen LogP contribution >= 0.6 is 45.3 Å². The standard InChI is InChI=1S/C54H80O2S4/c1-3-5-7-9-11-13-15-17-19-21-23-25-27-29-31-33-35-43-37-47(55-41-43)49-39-45-51-52(59-53(45)57-49)46-40-50(58-54(46)60-51)48-38-44(42-56-48)36-34-32-30-28-26-24-22-20-18-16-14-12-10-8-6-4-2/h37-42H,3-36H2,1-2H3. The Balaban J connectivity index is 0.831. The van der Waals surface area contributed by atoms with Gasteiger partial charge in [0.15, 0.2) is 0 Å². The average molecular weight is 889 g/mol. The van der Waals surface area contributed by atoms with Crippen LogP contribution in [0.3, 0.4) is 0 Å². The van der Waals surface area contributed by atoms with Crippen molar-refractivity contribution in [2.24, 2.45) is 0 Å². The number of fused-ring (bicyclic) bond motifs is 5. The molecule has 2 nitrogen and oxygen atoms in total. The number of hydrogen-bond donors (Lipinski definition) is 0. The molecule has 0 atom stereocenters. The Morgan fingerprint density at radius 2 is 0.617 bits per heavy atom. The first-order valence-electron chi connectivity index (χ1n) is 25.3. The quantitative estimate of drug-likeness (QED) is 0.0367. The summed E-state index contributed by atoms with van der Waals surface area (Å²) in [4.78, 5) is 2.53. The van der Waals surface area contributed by atoms with Crippen LogP contribution in [0.4, 0.5) is 0 Å². The Kier molecular flexibility index (Phi) is 22.3. The van der Waals surface area contributed by atoms with Crippen LogP contribution in [0, 0.1) is 0 Å². The highest BCUT2D eigenvalue weighted by Crippen LogP contribution is 2.52. The van der Waals surface area contributed by atoms with Crippen molar-refractivity contribution >= 4 is 73.5 Å². The Hall–Kier alpha value is -1.86. The van der Waals surface area contributed by atoms with E-state index in [-0.39, 0.29) is 0 Å². The predicted molar refractivity (Wildman–Crippen MR) is 272 cm³/mol. The van der Waals surface area contributed by atoms with Crippen molar-refractivity contribution in [3.8, 4) is 21.3 Å². The Bertz CT molecular complexity index is 1850. The van der Waals surface area contributed by atoms with E-state index < -0.39 is 0 Å². The number of furan rings is 2. The Morgan fingerprint density at radius 1 is 0.333 bits per heavy atom. The summed E-state index contributed by atoms with van der Waals surface area (Å²) in [5.74, 6) is 2.08. The third-order valence-corrected chi connectivity index (χ3v) is 18.0. The number of rotatable bonds is 36. The molecule has 0 saturated carbocycles. The van der Waals surface area contributed by atoms with Gasteiger partial charge in [0.05, 0.1) is 39.7 Å². The largest absolute Gasteiger partial charge is 0.463 e. The molecule has 0 aliphatic carbocycles. The second-order valence-corrected chi connectivity index (χ2v) is 22.9. The summed E-state index contributed by atoms with van der Waals surface area (Å²) in [5.41, 5.74) is 2.71. The first kappa shape index (κ1) is 47.6. The summed E-state index contributed by atoms with van der Waals surface area (Å²) in [7, 11) is 0. The van der Waals surface area contributed by atoms with Crippen molar-refractivity contribution in [3.05, 3.63) is 47.9 Å². The van der Waals surface area contributed by atoms with Gasteiger partial charge in [-0.05, 0) is 61.1 Å². The van der Waals surface area contributed by atoms with Gasteiger partial charge in [0.2, 0.25) is 0 Å². The molecule has 6 heteroatoms. The topological polar surface area (TPSA) is 26.3 Å². The molecule has 6 heterocycles. The minimum absolute atomic E-state index is 1.04. The van der Waals surface area contributed by atoms with Crippen LogP contribution in [0.5, 0.6) is 0 Å². The number of unbranched alkanes of at least 4 members (excludes halogenated alkanes) is 30. The van der Waals surface area contributed by atoms with Gasteiger partial charge in [0.25, 0.3) is 0 Å². The van der Waals surface area contributed by atoms with E-state index in [2.05, 4.69) is 38.1 Å². The van der Waals surface area contributed by atoms with Gasteiger partial charge in [-0.1, -0.05) is 206 Å². The van der Waals surface area contributed by atoms with Crippen LogP contribution in [0.25, 0.3) is 49.5 Å². The molecule has 60 heavy (non-hydrogen) atoms. The van der Waals surface area contributed by atoms with Crippen LogP contribution < -0.4 is 0 Å². The second-order valence-electron chi connectivity index (χ2n) is 18.2. The molecule has 6 rings (SSSR count). The van der Waals surface area contributed by atoms with E-state index in [0.29, 0.717) is 0 Å². The fourth-order valence-electron chi connectivity index (χ4n) is 9.12.